The number of unbranched alkanes of at least 4 members (excludes halogenated alkanes) is 6. The van der Waals surface area contributed by atoms with Crippen molar-refractivity contribution in [3.63, 3.8) is 0 Å². The zero-order valence-corrected chi connectivity index (χ0v) is 47.2. The van der Waals surface area contributed by atoms with Gasteiger partial charge >= 0.3 is 282 Å². The van der Waals surface area contributed by atoms with Gasteiger partial charge in [0.05, 0.1) is 6.61 Å². The van der Waals surface area contributed by atoms with E-state index in [9.17, 15) is 0 Å². The number of fused-ring (bicyclic) bond motifs is 4. The Morgan fingerprint density at radius 3 is 1.24 bits per heavy atom. The average molecular weight is 1180 g/mol. The van der Waals surface area contributed by atoms with Crippen LogP contribution in [0, 0.1) is 0 Å². The molecular formula is C67H60Br2N4OSe. The number of hydrogen-bond acceptors (Lipinski definition) is 5. The van der Waals surface area contributed by atoms with E-state index in [1.165, 1.54) is 76.1 Å². The van der Waals surface area contributed by atoms with Crippen LogP contribution in [0.25, 0.3) is 44.4 Å². The molecule has 9 aromatic carbocycles. The van der Waals surface area contributed by atoms with Crippen LogP contribution in [-0.4, -0.2) is 29.5 Å². The minimum atomic E-state index is -0.200. The van der Waals surface area contributed by atoms with Gasteiger partial charge in [-0.05, 0) is 65.8 Å². The van der Waals surface area contributed by atoms with Gasteiger partial charge in [0, 0.05) is 14.4 Å². The predicted octanol–water partition coefficient (Wildman–Crippen LogP) is 19.8. The molecule has 0 aliphatic heterocycles. The molecule has 0 spiro atoms. The monoisotopic (exact) mass is 1170 g/mol. The molecule has 1 aromatic heterocycles. The molecule has 10 aromatic rings. The van der Waals surface area contributed by atoms with Crippen LogP contribution in [0.2, 0.25) is 0 Å². The summed E-state index contributed by atoms with van der Waals surface area (Å²) < 4.78 is 18.7. The van der Waals surface area contributed by atoms with E-state index in [0.717, 1.165) is 92.4 Å². The molecule has 75 heavy (non-hydrogen) atoms. The number of para-hydroxylation sites is 3. The SMILES string of the molecule is CCCCCCC1(CCCCCCOc2ccc(N(c3ccccc3)c3ccc(-c4ccc(-c5ccc(N(c6ccccc6)c6ccccc6)cc5)c5n[se]nc45)cc3)cc2)c2cc(Br)ccc2-c2ccc(Br)cc21. The second kappa shape index (κ2) is 23.6. The normalized spacial score (nSPS) is 12.4. The second-order valence-corrected chi connectivity index (χ2v) is 22.6. The van der Waals surface area contributed by atoms with Crippen LogP contribution in [0.4, 0.5) is 34.1 Å². The van der Waals surface area contributed by atoms with Crippen LogP contribution in [0.5, 0.6) is 5.75 Å². The smallest absolute Gasteiger partial charge is 0.0178 e. The van der Waals surface area contributed by atoms with Gasteiger partial charge in [-0.2, -0.15) is 0 Å². The third-order valence-corrected chi connectivity index (χ3v) is 17.0. The first-order valence-corrected chi connectivity index (χ1v) is 29.6. The molecule has 0 atom stereocenters. The molecule has 374 valence electrons. The van der Waals surface area contributed by atoms with Gasteiger partial charge in [0.15, 0.2) is 0 Å². The van der Waals surface area contributed by atoms with Crippen molar-refractivity contribution < 1.29 is 4.74 Å². The predicted molar refractivity (Wildman–Crippen MR) is 322 cm³/mol. The number of aromatic nitrogens is 2. The molecule has 0 bridgehead atoms. The molecule has 1 heterocycles. The number of halogens is 2. The molecule has 5 nitrogen and oxygen atoms in total. The van der Waals surface area contributed by atoms with Crippen molar-refractivity contribution in [2.75, 3.05) is 16.4 Å². The van der Waals surface area contributed by atoms with Crippen LogP contribution in [0.1, 0.15) is 82.3 Å². The Balaban J connectivity index is 0.744. The first-order valence-electron chi connectivity index (χ1n) is 26.5. The Labute approximate surface area is 465 Å². The van der Waals surface area contributed by atoms with Gasteiger partial charge in [-0.1, -0.05) is 95.9 Å². The van der Waals surface area contributed by atoms with Crippen molar-refractivity contribution in [1.82, 2.24) is 7.96 Å². The number of ether oxygens (including phenoxy) is 1. The summed E-state index contributed by atoms with van der Waals surface area (Å²) in [5.74, 6) is 0.897. The zero-order chi connectivity index (χ0) is 51.0. The van der Waals surface area contributed by atoms with Gasteiger partial charge in [-0.25, -0.2) is 0 Å². The molecule has 0 unspecified atom stereocenters. The maximum Gasteiger partial charge on any atom is 0.0178 e. The van der Waals surface area contributed by atoms with Crippen LogP contribution < -0.4 is 14.5 Å². The molecule has 1 aliphatic carbocycles. The summed E-state index contributed by atoms with van der Waals surface area (Å²) >= 11 is 7.47. The van der Waals surface area contributed by atoms with Gasteiger partial charge in [-0.3, -0.25) is 0 Å². The van der Waals surface area contributed by atoms with Crippen molar-refractivity contribution >= 4 is 92.0 Å². The van der Waals surface area contributed by atoms with E-state index in [0.29, 0.717) is 6.61 Å². The summed E-state index contributed by atoms with van der Waals surface area (Å²) in [6.07, 6.45) is 12.0. The van der Waals surface area contributed by atoms with E-state index >= 15 is 0 Å². The quantitative estimate of drug-likeness (QED) is 0.0530. The van der Waals surface area contributed by atoms with E-state index in [1.54, 1.807) is 0 Å². The van der Waals surface area contributed by atoms with Crippen molar-refractivity contribution in [3.8, 4) is 39.1 Å². The van der Waals surface area contributed by atoms with Gasteiger partial charge in [0.1, 0.15) is 0 Å². The van der Waals surface area contributed by atoms with E-state index in [2.05, 4.69) is 261 Å². The van der Waals surface area contributed by atoms with E-state index in [1.807, 2.05) is 0 Å². The summed E-state index contributed by atoms with van der Waals surface area (Å²) in [6.45, 7) is 3.01. The molecule has 1 aliphatic rings. The Morgan fingerprint density at radius 1 is 0.413 bits per heavy atom. The Bertz CT molecular complexity index is 3390. The number of benzene rings is 9. The van der Waals surface area contributed by atoms with Gasteiger partial charge in [0.2, 0.25) is 0 Å². The van der Waals surface area contributed by atoms with E-state index in [4.69, 9.17) is 12.7 Å². The van der Waals surface area contributed by atoms with Crippen LogP contribution in [0.15, 0.2) is 221 Å². The summed E-state index contributed by atoms with van der Waals surface area (Å²) in [7, 11) is 0. The van der Waals surface area contributed by atoms with Gasteiger partial charge in [-0.15, -0.1) is 0 Å². The van der Waals surface area contributed by atoms with Crippen molar-refractivity contribution in [2.45, 2.75) is 76.5 Å². The first kappa shape index (κ1) is 50.6. The molecule has 0 saturated heterocycles. The first-order chi connectivity index (χ1) is 37.0. The Morgan fingerprint density at radius 2 is 0.800 bits per heavy atom. The largest absolute Gasteiger partial charge is 0.0529 e. The maximum absolute atomic E-state index is 6.39. The fourth-order valence-corrected chi connectivity index (χ4v) is 13.2. The third-order valence-electron chi connectivity index (χ3n) is 14.9. The summed E-state index contributed by atoms with van der Waals surface area (Å²) in [5, 5.41) is 0. The molecule has 0 N–H and O–H groups in total. The number of anilines is 6. The van der Waals surface area contributed by atoms with Crippen LogP contribution in [-0.2, 0) is 5.41 Å². The van der Waals surface area contributed by atoms with Crippen molar-refractivity contribution in [1.29, 1.82) is 0 Å². The summed E-state index contributed by atoms with van der Waals surface area (Å²) in [4.78, 5) is 4.59. The fraction of sp³-hybridized carbons (Fsp3) is 0.194. The number of nitrogens with zero attached hydrogens (tertiary/aromatic N) is 4. The molecule has 11 rings (SSSR count). The van der Waals surface area contributed by atoms with Crippen molar-refractivity contribution in [2.24, 2.45) is 0 Å². The number of hydrogen-bond donors (Lipinski definition) is 0. The molecule has 0 radical (unpaired) electrons. The summed E-state index contributed by atoms with van der Waals surface area (Å²) in [5.41, 5.74) is 18.8. The van der Waals surface area contributed by atoms with E-state index < -0.39 is 0 Å². The number of rotatable bonds is 21. The molecular weight excluding hydrogens is 1120 g/mol. The topological polar surface area (TPSA) is 41.5 Å². The van der Waals surface area contributed by atoms with Crippen molar-refractivity contribution in [3.05, 3.63) is 232 Å². The Kier molecular flexibility index (Phi) is 15.9. The fourth-order valence-electron chi connectivity index (χ4n) is 11.3. The standard InChI is InChI=1S/C67H60Br2N4OSe/c1-2-3-4-16-43-67(63-46-50(68)29-39-61(63)62-40-30-51(69)47-64(62)67)44-17-5-6-18-45-74-58-37-35-57(36-38-58)73(54-23-14-9-15-24-54)56-33-27-49(28-34-56)60-42-41-59(65-66(60)71-75-70-65)48-25-31-55(32-26-48)72(52-19-10-7-11-20-52)53-21-12-8-13-22-53/h7-15,19-42,46-47H,2-6,16-18,43-45H2,1H3. The van der Waals surface area contributed by atoms with Gasteiger partial charge < -0.3 is 4.74 Å². The minimum Gasteiger partial charge on any atom is -0.0529 e. The van der Waals surface area contributed by atoms with E-state index in [-0.39, 0.29) is 20.4 Å². The zero-order valence-electron chi connectivity index (χ0n) is 42.3. The molecule has 0 fully saturated rings. The average Bonchev–Trinajstić information content (AvgIpc) is 4.06. The summed E-state index contributed by atoms with van der Waals surface area (Å²) in [6, 6.07) is 76.2. The minimum absolute atomic E-state index is 0.0471. The second-order valence-electron chi connectivity index (χ2n) is 19.7. The van der Waals surface area contributed by atoms with Gasteiger partial charge in [0.25, 0.3) is 0 Å². The van der Waals surface area contributed by atoms with Crippen LogP contribution >= 0.6 is 31.9 Å². The molecule has 0 saturated carbocycles. The maximum atomic E-state index is 6.39. The third kappa shape index (κ3) is 11.0. The molecule has 8 heteroatoms. The van der Waals surface area contributed by atoms with Crippen LogP contribution in [0.3, 0.4) is 0 Å². The molecule has 0 amide bonds. The Hall–Kier alpha value is -6.54.